The van der Waals surface area contributed by atoms with E-state index in [-0.39, 0.29) is 6.03 Å². The number of anilines is 2. The number of fused-ring (bicyclic) bond motifs is 2. The third-order valence-corrected chi connectivity index (χ3v) is 5.58. The van der Waals surface area contributed by atoms with Crippen LogP contribution in [0.2, 0.25) is 0 Å². The van der Waals surface area contributed by atoms with E-state index >= 15 is 0 Å². The summed E-state index contributed by atoms with van der Waals surface area (Å²) in [6.45, 7) is 0.717. The van der Waals surface area contributed by atoms with Crippen LogP contribution in [0.25, 0.3) is 21.9 Å². The van der Waals surface area contributed by atoms with Gasteiger partial charge in [-0.1, -0.05) is 22.0 Å². The van der Waals surface area contributed by atoms with E-state index in [1.807, 2.05) is 73.2 Å². The molecular weight excluding hydrogens is 442 g/mol. The highest BCUT2D eigenvalue weighted by atomic mass is 79.9. The van der Waals surface area contributed by atoms with E-state index in [1.54, 1.807) is 0 Å². The van der Waals surface area contributed by atoms with E-state index in [4.69, 9.17) is 0 Å². The SMILES string of the molecule is O=C(Nc1ccc(Br)cc1)Nc1cccc2c1ccn2Cc1ccnc2[nH]ccc12. The van der Waals surface area contributed by atoms with Gasteiger partial charge in [0.1, 0.15) is 5.65 Å². The first-order valence-corrected chi connectivity index (χ1v) is 10.3. The third kappa shape index (κ3) is 3.55. The molecule has 0 atom stereocenters. The molecule has 2 amide bonds. The van der Waals surface area contributed by atoms with Gasteiger partial charge in [0, 0.05) is 46.1 Å². The quantitative estimate of drug-likeness (QED) is 0.309. The molecule has 0 saturated heterocycles. The number of amides is 2. The van der Waals surface area contributed by atoms with Crippen LogP contribution in [0, 0.1) is 0 Å². The minimum atomic E-state index is -0.277. The summed E-state index contributed by atoms with van der Waals surface area (Å²) >= 11 is 3.39. The van der Waals surface area contributed by atoms with Crippen molar-refractivity contribution in [3.05, 3.63) is 89.3 Å². The standard InChI is InChI=1S/C23H18BrN5O/c24-16-4-6-17(7-5-16)27-23(30)28-20-2-1-3-21-19(20)10-13-29(21)14-15-8-11-25-22-18(15)9-12-26-22/h1-13H,14H2,(H,25,26)(H2,27,28,30). The molecule has 0 aliphatic heterocycles. The van der Waals surface area contributed by atoms with E-state index < -0.39 is 0 Å². The number of hydrogen-bond donors (Lipinski definition) is 3. The molecule has 0 bridgehead atoms. The fourth-order valence-corrected chi connectivity index (χ4v) is 3.89. The van der Waals surface area contributed by atoms with Gasteiger partial charge in [0.2, 0.25) is 0 Å². The Balaban J connectivity index is 1.40. The van der Waals surface area contributed by atoms with E-state index in [2.05, 4.69) is 47.2 Å². The van der Waals surface area contributed by atoms with Crippen LogP contribution >= 0.6 is 15.9 Å². The zero-order valence-electron chi connectivity index (χ0n) is 15.9. The number of aromatic nitrogens is 3. The lowest BCUT2D eigenvalue weighted by atomic mass is 10.2. The van der Waals surface area contributed by atoms with E-state index in [9.17, 15) is 4.79 Å². The van der Waals surface area contributed by atoms with Crippen LogP contribution in [0.5, 0.6) is 0 Å². The smallest absolute Gasteiger partial charge is 0.323 e. The lowest BCUT2D eigenvalue weighted by Crippen LogP contribution is -2.19. The van der Waals surface area contributed by atoms with Crippen molar-refractivity contribution < 1.29 is 4.79 Å². The minimum Gasteiger partial charge on any atom is -0.346 e. The number of carbonyl (C=O) groups is 1. The molecule has 0 saturated carbocycles. The van der Waals surface area contributed by atoms with Crippen LogP contribution in [0.3, 0.4) is 0 Å². The first-order chi connectivity index (χ1) is 14.7. The summed E-state index contributed by atoms with van der Waals surface area (Å²) in [7, 11) is 0. The van der Waals surface area contributed by atoms with Gasteiger partial charge in [0.05, 0.1) is 11.2 Å². The first kappa shape index (κ1) is 18.4. The number of nitrogens with one attached hydrogen (secondary N) is 3. The zero-order chi connectivity index (χ0) is 20.5. The Kier molecular flexibility index (Phi) is 4.72. The number of H-pyrrole nitrogens is 1. The van der Waals surface area contributed by atoms with Crippen molar-refractivity contribution in [3.8, 4) is 0 Å². The Morgan fingerprint density at radius 3 is 2.73 bits per heavy atom. The molecule has 0 radical (unpaired) electrons. The highest BCUT2D eigenvalue weighted by Crippen LogP contribution is 2.26. The molecule has 5 aromatic rings. The van der Waals surface area contributed by atoms with Gasteiger partial charge in [-0.05, 0) is 60.2 Å². The Morgan fingerprint density at radius 1 is 1.00 bits per heavy atom. The second-order valence-corrected chi connectivity index (χ2v) is 7.89. The summed E-state index contributed by atoms with van der Waals surface area (Å²) < 4.78 is 3.14. The van der Waals surface area contributed by atoms with Gasteiger partial charge in [0.25, 0.3) is 0 Å². The Morgan fingerprint density at radius 2 is 1.87 bits per heavy atom. The number of benzene rings is 2. The van der Waals surface area contributed by atoms with Crippen molar-refractivity contribution in [1.29, 1.82) is 0 Å². The number of nitrogens with zero attached hydrogens (tertiary/aromatic N) is 2. The number of urea groups is 1. The second kappa shape index (κ2) is 7.68. The lowest BCUT2D eigenvalue weighted by Gasteiger charge is -2.10. The molecule has 2 aromatic carbocycles. The summed E-state index contributed by atoms with van der Waals surface area (Å²) in [5.41, 5.74) is 4.62. The third-order valence-electron chi connectivity index (χ3n) is 5.06. The fraction of sp³-hybridized carbons (Fsp3) is 0.0435. The molecular formula is C23H18BrN5O. The number of rotatable bonds is 4. The highest BCUT2D eigenvalue weighted by molar-refractivity contribution is 9.10. The molecule has 148 valence electrons. The number of hydrogen-bond acceptors (Lipinski definition) is 2. The molecule has 30 heavy (non-hydrogen) atoms. The van der Waals surface area contributed by atoms with Crippen LogP contribution in [0.1, 0.15) is 5.56 Å². The molecule has 0 aliphatic carbocycles. The number of halogens is 1. The maximum atomic E-state index is 12.5. The average molecular weight is 460 g/mol. The molecule has 0 aliphatic rings. The molecule has 6 nitrogen and oxygen atoms in total. The van der Waals surface area contributed by atoms with Gasteiger partial charge in [-0.2, -0.15) is 0 Å². The fourth-order valence-electron chi connectivity index (χ4n) is 3.63. The van der Waals surface area contributed by atoms with E-state index in [0.717, 1.165) is 44.3 Å². The molecule has 0 unspecified atom stereocenters. The van der Waals surface area contributed by atoms with Crippen LogP contribution in [0.15, 0.2) is 83.7 Å². The molecule has 0 spiro atoms. The van der Waals surface area contributed by atoms with Crippen molar-refractivity contribution in [2.45, 2.75) is 6.54 Å². The average Bonchev–Trinajstić information content (AvgIpc) is 3.38. The van der Waals surface area contributed by atoms with Crippen LogP contribution in [-0.2, 0) is 6.54 Å². The van der Waals surface area contributed by atoms with Gasteiger partial charge in [0.15, 0.2) is 0 Å². The maximum absolute atomic E-state index is 12.5. The van der Waals surface area contributed by atoms with Crippen molar-refractivity contribution in [2.24, 2.45) is 0 Å². The van der Waals surface area contributed by atoms with Gasteiger partial charge in [-0.3, -0.25) is 0 Å². The Labute approximate surface area is 181 Å². The molecule has 3 aromatic heterocycles. The summed E-state index contributed by atoms with van der Waals surface area (Å²) in [5.74, 6) is 0. The summed E-state index contributed by atoms with van der Waals surface area (Å²) in [6, 6.07) is 19.2. The molecule has 7 heteroatoms. The summed E-state index contributed by atoms with van der Waals surface area (Å²) in [5, 5.41) is 7.92. The van der Waals surface area contributed by atoms with Crippen molar-refractivity contribution in [3.63, 3.8) is 0 Å². The van der Waals surface area contributed by atoms with Gasteiger partial charge >= 0.3 is 6.03 Å². The predicted octanol–water partition coefficient (Wildman–Crippen LogP) is 5.97. The topological polar surface area (TPSA) is 74.7 Å². The predicted molar refractivity (Wildman–Crippen MR) is 124 cm³/mol. The molecule has 0 fully saturated rings. The summed E-state index contributed by atoms with van der Waals surface area (Å²) in [4.78, 5) is 20.0. The van der Waals surface area contributed by atoms with Crippen molar-refractivity contribution in [1.82, 2.24) is 14.5 Å². The summed E-state index contributed by atoms with van der Waals surface area (Å²) in [6.07, 6.45) is 5.77. The van der Waals surface area contributed by atoms with Crippen LogP contribution < -0.4 is 10.6 Å². The van der Waals surface area contributed by atoms with Crippen LogP contribution in [0.4, 0.5) is 16.2 Å². The lowest BCUT2D eigenvalue weighted by molar-refractivity contribution is 0.262. The van der Waals surface area contributed by atoms with E-state index in [1.165, 1.54) is 5.56 Å². The Bertz CT molecular complexity index is 1350. The van der Waals surface area contributed by atoms with E-state index in [0.29, 0.717) is 0 Å². The van der Waals surface area contributed by atoms with Gasteiger partial charge in [-0.15, -0.1) is 0 Å². The van der Waals surface area contributed by atoms with Crippen molar-refractivity contribution >= 4 is 55.3 Å². The van der Waals surface area contributed by atoms with Crippen LogP contribution in [-0.4, -0.2) is 20.6 Å². The number of carbonyl (C=O) groups excluding carboxylic acids is 1. The Hall–Kier alpha value is -3.58. The number of aromatic amines is 1. The molecule has 5 rings (SSSR count). The highest BCUT2D eigenvalue weighted by Gasteiger charge is 2.10. The van der Waals surface area contributed by atoms with Gasteiger partial charge in [-0.25, -0.2) is 9.78 Å². The maximum Gasteiger partial charge on any atom is 0.323 e. The monoisotopic (exact) mass is 459 g/mol. The zero-order valence-corrected chi connectivity index (χ0v) is 17.5. The largest absolute Gasteiger partial charge is 0.346 e. The molecule has 3 heterocycles. The normalized spacial score (nSPS) is 11.1. The van der Waals surface area contributed by atoms with Gasteiger partial charge < -0.3 is 20.2 Å². The number of pyridine rings is 1. The second-order valence-electron chi connectivity index (χ2n) is 6.98. The van der Waals surface area contributed by atoms with Crippen molar-refractivity contribution in [2.75, 3.05) is 10.6 Å². The molecule has 3 N–H and O–H groups in total. The first-order valence-electron chi connectivity index (χ1n) is 9.50. The minimum absolute atomic E-state index is 0.277.